The maximum atomic E-state index is 13.3. The van der Waals surface area contributed by atoms with Crippen LogP contribution >= 0.6 is 22.9 Å². The zero-order chi connectivity index (χ0) is 22.7. The molecule has 160 valence electrons. The number of hydrogen-bond acceptors (Lipinski definition) is 5. The van der Waals surface area contributed by atoms with Gasteiger partial charge in [-0.05, 0) is 36.2 Å². The van der Waals surface area contributed by atoms with Crippen LogP contribution in [0.5, 0.6) is 0 Å². The van der Waals surface area contributed by atoms with Gasteiger partial charge in [-0.1, -0.05) is 41.9 Å². The van der Waals surface area contributed by atoms with E-state index in [1.165, 1.54) is 27.1 Å². The highest BCUT2D eigenvalue weighted by atomic mass is 35.5. The van der Waals surface area contributed by atoms with E-state index < -0.39 is 0 Å². The zero-order valence-corrected chi connectivity index (χ0v) is 18.9. The second-order valence-electron chi connectivity index (χ2n) is 7.26. The molecule has 0 radical (unpaired) electrons. The van der Waals surface area contributed by atoms with Crippen molar-refractivity contribution in [2.45, 2.75) is 19.9 Å². The normalized spacial score (nSPS) is 10.8. The quantitative estimate of drug-likeness (QED) is 0.402. The number of thiophene rings is 1. The van der Waals surface area contributed by atoms with Gasteiger partial charge in [-0.25, -0.2) is 4.98 Å². The molecule has 6 nitrogen and oxygen atoms in total. The van der Waals surface area contributed by atoms with Crippen molar-refractivity contribution in [1.82, 2.24) is 9.55 Å². The molecule has 0 saturated carbocycles. The fourth-order valence-corrected chi connectivity index (χ4v) is 4.52. The van der Waals surface area contributed by atoms with Crippen molar-refractivity contribution in [1.29, 1.82) is 5.26 Å². The van der Waals surface area contributed by atoms with E-state index in [1.807, 2.05) is 42.6 Å². The molecule has 2 heterocycles. The highest BCUT2D eigenvalue weighted by Crippen LogP contribution is 2.30. The van der Waals surface area contributed by atoms with Gasteiger partial charge >= 0.3 is 0 Å². The van der Waals surface area contributed by atoms with E-state index >= 15 is 0 Å². The van der Waals surface area contributed by atoms with Gasteiger partial charge in [-0.2, -0.15) is 5.26 Å². The lowest BCUT2D eigenvalue weighted by atomic mass is 10.1. The summed E-state index contributed by atoms with van der Waals surface area (Å²) in [5.41, 5.74) is 2.92. The van der Waals surface area contributed by atoms with Crippen LogP contribution in [0.15, 0.2) is 65.0 Å². The third-order valence-electron chi connectivity index (χ3n) is 5.15. The molecule has 0 aliphatic rings. The number of nitrogens with zero attached hydrogens (tertiary/aromatic N) is 4. The third kappa shape index (κ3) is 4.28. The van der Waals surface area contributed by atoms with E-state index in [2.05, 4.69) is 11.1 Å². The van der Waals surface area contributed by atoms with Gasteiger partial charge in [0.15, 0.2) is 0 Å². The van der Waals surface area contributed by atoms with Crippen molar-refractivity contribution in [3.63, 3.8) is 0 Å². The van der Waals surface area contributed by atoms with Crippen LogP contribution < -0.4 is 10.5 Å². The molecular weight excluding hydrogens is 444 g/mol. The number of amides is 1. The Morgan fingerprint density at radius 3 is 2.75 bits per heavy atom. The molecular formula is C24H19ClN4O2S. The Balaban J connectivity index is 1.70. The second kappa shape index (κ2) is 9.35. The Morgan fingerprint density at radius 2 is 2.03 bits per heavy atom. The number of fused-ring (bicyclic) bond motifs is 1. The molecule has 0 aliphatic carbocycles. The first-order valence-corrected chi connectivity index (χ1v) is 11.2. The van der Waals surface area contributed by atoms with Crippen molar-refractivity contribution in [3.8, 4) is 17.2 Å². The van der Waals surface area contributed by atoms with Gasteiger partial charge < -0.3 is 4.90 Å². The van der Waals surface area contributed by atoms with Crippen LogP contribution in [-0.4, -0.2) is 22.0 Å². The summed E-state index contributed by atoms with van der Waals surface area (Å²) in [4.78, 5) is 33.0. The zero-order valence-electron chi connectivity index (χ0n) is 17.3. The summed E-state index contributed by atoms with van der Waals surface area (Å²) in [6, 6.07) is 17.0. The number of carbonyl (C=O) groups excluding carboxylic acids is 1. The molecule has 0 atom stereocenters. The molecule has 2 aromatic carbocycles. The Labute approximate surface area is 193 Å². The van der Waals surface area contributed by atoms with Crippen molar-refractivity contribution in [3.05, 3.63) is 81.2 Å². The number of anilines is 1. The van der Waals surface area contributed by atoms with E-state index in [9.17, 15) is 9.59 Å². The number of carbonyl (C=O) groups is 1. The lowest BCUT2D eigenvalue weighted by molar-refractivity contribution is -0.119. The van der Waals surface area contributed by atoms with E-state index in [0.717, 1.165) is 16.7 Å². The van der Waals surface area contributed by atoms with Gasteiger partial charge in [0.2, 0.25) is 5.91 Å². The first kappa shape index (κ1) is 21.8. The number of hydrogen-bond donors (Lipinski definition) is 0. The van der Waals surface area contributed by atoms with E-state index in [0.29, 0.717) is 20.9 Å². The Morgan fingerprint density at radius 1 is 1.25 bits per heavy atom. The first-order valence-electron chi connectivity index (χ1n) is 9.95. The topological polar surface area (TPSA) is 79.0 Å². The minimum Gasteiger partial charge on any atom is -0.310 e. The van der Waals surface area contributed by atoms with Gasteiger partial charge in [0.25, 0.3) is 5.56 Å². The van der Waals surface area contributed by atoms with Crippen molar-refractivity contribution < 1.29 is 4.79 Å². The van der Waals surface area contributed by atoms with Crippen LogP contribution in [0.1, 0.15) is 12.0 Å². The Kier molecular flexibility index (Phi) is 6.35. The minimum absolute atomic E-state index is 0.169. The fourth-order valence-electron chi connectivity index (χ4n) is 3.50. The maximum Gasteiger partial charge on any atom is 0.263 e. The number of benzene rings is 2. The second-order valence-corrected chi connectivity index (χ2v) is 8.53. The van der Waals surface area contributed by atoms with Crippen LogP contribution in [-0.2, 0) is 11.3 Å². The smallest absolute Gasteiger partial charge is 0.263 e. The molecule has 2 aromatic heterocycles. The summed E-state index contributed by atoms with van der Waals surface area (Å²) in [5.74, 6) is -0.304. The number of halogens is 1. The number of rotatable bonds is 6. The summed E-state index contributed by atoms with van der Waals surface area (Å²) in [5, 5.41) is 12.0. The molecule has 0 unspecified atom stereocenters. The predicted molar refractivity (Wildman–Crippen MR) is 128 cm³/mol. The summed E-state index contributed by atoms with van der Waals surface area (Å²) < 4.78 is 1.33. The summed E-state index contributed by atoms with van der Waals surface area (Å²) >= 11 is 7.52. The minimum atomic E-state index is -0.304. The SMILES string of the molecule is Cc1cc(N(CCC#N)C(=O)Cn2cnc3scc(-c4ccccc4)c3c2=O)ccc1Cl. The number of aromatic nitrogens is 2. The average molecular weight is 463 g/mol. The molecule has 0 N–H and O–H groups in total. The van der Waals surface area contributed by atoms with Crippen LogP contribution in [0.25, 0.3) is 21.3 Å². The van der Waals surface area contributed by atoms with Gasteiger partial charge in [0.05, 0.1) is 24.2 Å². The monoisotopic (exact) mass is 462 g/mol. The molecule has 4 rings (SSSR count). The van der Waals surface area contributed by atoms with E-state index in [1.54, 1.807) is 18.2 Å². The van der Waals surface area contributed by atoms with Crippen LogP contribution in [0.4, 0.5) is 5.69 Å². The lowest BCUT2D eigenvalue weighted by Gasteiger charge is -2.23. The number of aryl methyl sites for hydroxylation is 1. The van der Waals surface area contributed by atoms with Crippen LogP contribution in [0.3, 0.4) is 0 Å². The lowest BCUT2D eigenvalue weighted by Crippen LogP contribution is -2.37. The fraction of sp³-hybridized carbons (Fsp3) is 0.167. The molecule has 0 saturated heterocycles. The van der Waals surface area contributed by atoms with E-state index in [-0.39, 0.29) is 31.0 Å². The maximum absolute atomic E-state index is 13.3. The molecule has 0 spiro atoms. The first-order chi connectivity index (χ1) is 15.5. The average Bonchev–Trinajstić information content (AvgIpc) is 3.24. The number of nitriles is 1. The van der Waals surface area contributed by atoms with E-state index in [4.69, 9.17) is 16.9 Å². The largest absolute Gasteiger partial charge is 0.310 e. The standard InChI is InChI=1S/C24H19ClN4O2S/c1-16-12-18(8-9-20(16)25)29(11-5-10-26)21(30)13-28-15-27-23-22(24(28)31)19(14-32-23)17-6-3-2-4-7-17/h2-4,6-9,12,14-15H,5,11,13H2,1H3. The molecule has 0 fully saturated rings. The van der Waals surface area contributed by atoms with Gasteiger partial charge in [0, 0.05) is 28.2 Å². The molecule has 32 heavy (non-hydrogen) atoms. The Bertz CT molecular complexity index is 1390. The van der Waals surface area contributed by atoms with Gasteiger partial charge in [-0.3, -0.25) is 14.2 Å². The molecule has 0 aliphatic heterocycles. The highest BCUT2D eigenvalue weighted by molar-refractivity contribution is 7.17. The summed E-state index contributed by atoms with van der Waals surface area (Å²) in [6.07, 6.45) is 1.58. The highest BCUT2D eigenvalue weighted by Gasteiger charge is 2.19. The molecule has 0 bridgehead atoms. The summed E-state index contributed by atoms with van der Waals surface area (Å²) in [7, 11) is 0. The molecule has 1 amide bonds. The van der Waals surface area contributed by atoms with Crippen molar-refractivity contribution in [2.24, 2.45) is 0 Å². The van der Waals surface area contributed by atoms with Crippen molar-refractivity contribution in [2.75, 3.05) is 11.4 Å². The summed E-state index contributed by atoms with van der Waals surface area (Å²) in [6.45, 7) is 1.89. The molecule has 8 heteroatoms. The van der Waals surface area contributed by atoms with Crippen molar-refractivity contribution >= 4 is 44.7 Å². The Hall–Kier alpha value is -3.47. The van der Waals surface area contributed by atoms with Crippen LogP contribution in [0, 0.1) is 18.3 Å². The third-order valence-corrected chi connectivity index (χ3v) is 6.46. The molecule has 4 aromatic rings. The predicted octanol–water partition coefficient (Wildman–Crippen LogP) is 5.03. The van der Waals surface area contributed by atoms with Gasteiger partial charge in [0.1, 0.15) is 11.4 Å². The van der Waals surface area contributed by atoms with Gasteiger partial charge in [-0.15, -0.1) is 11.3 Å². The van der Waals surface area contributed by atoms with Crippen LogP contribution in [0.2, 0.25) is 5.02 Å².